The van der Waals surface area contributed by atoms with Crippen molar-refractivity contribution >= 4 is 57.6 Å². The standard InChI is InChI=1S/C39H42ClN9O3/c40-37-31(22-43-38-36(37)30(21-42-38)26-5-6-26)28-3-1-4-29(19-28)47-18-17-46(24-35(47)51)12-2-11-45-13-7-25(8-14-45)27-9-15-48-32(20-27)41-23-34(48)49-16-10-33(50)44-39(49)52/h1,3-4,9,15,19-23,25-26H,2,5-8,10-14,16-18,24H2,(H,42,43)(H,44,50,52). The Balaban J connectivity index is 0.757. The van der Waals surface area contributed by atoms with E-state index in [-0.39, 0.29) is 18.2 Å². The number of imide groups is 1. The highest BCUT2D eigenvalue weighted by molar-refractivity contribution is 6.38. The topological polar surface area (TPSA) is 122 Å². The van der Waals surface area contributed by atoms with Crippen LogP contribution < -0.4 is 15.1 Å². The van der Waals surface area contributed by atoms with Gasteiger partial charge in [-0.3, -0.25) is 29.1 Å². The van der Waals surface area contributed by atoms with Gasteiger partial charge in [0.15, 0.2) is 0 Å². The molecule has 3 saturated heterocycles. The van der Waals surface area contributed by atoms with E-state index in [1.807, 2.05) is 39.9 Å². The minimum Gasteiger partial charge on any atom is -0.346 e. The van der Waals surface area contributed by atoms with Crippen molar-refractivity contribution < 1.29 is 14.4 Å². The number of anilines is 2. The average Bonchev–Trinajstić information content (AvgIpc) is 3.77. The van der Waals surface area contributed by atoms with Gasteiger partial charge in [-0.2, -0.15) is 0 Å². The van der Waals surface area contributed by atoms with Gasteiger partial charge >= 0.3 is 6.03 Å². The summed E-state index contributed by atoms with van der Waals surface area (Å²) in [6.45, 7) is 6.29. The number of halogens is 1. The van der Waals surface area contributed by atoms with Gasteiger partial charge in [0.05, 0.1) is 17.8 Å². The number of urea groups is 1. The van der Waals surface area contributed by atoms with E-state index in [0.29, 0.717) is 37.3 Å². The number of aromatic amines is 1. The summed E-state index contributed by atoms with van der Waals surface area (Å²) < 4.78 is 1.92. The number of nitrogens with one attached hydrogen (secondary N) is 2. The van der Waals surface area contributed by atoms with Crippen molar-refractivity contribution in [3.05, 3.63) is 77.3 Å². The molecule has 9 rings (SSSR count). The first-order valence-electron chi connectivity index (χ1n) is 18.5. The van der Waals surface area contributed by atoms with Crippen LogP contribution in [-0.4, -0.2) is 99.4 Å². The maximum absolute atomic E-state index is 13.4. The van der Waals surface area contributed by atoms with Gasteiger partial charge in [-0.15, -0.1) is 0 Å². The fourth-order valence-electron chi connectivity index (χ4n) is 8.25. The predicted molar refractivity (Wildman–Crippen MR) is 201 cm³/mol. The Labute approximate surface area is 306 Å². The number of rotatable bonds is 9. The summed E-state index contributed by atoms with van der Waals surface area (Å²) in [5, 5.41) is 4.13. The summed E-state index contributed by atoms with van der Waals surface area (Å²) >= 11 is 7.00. The number of piperidine rings is 1. The van der Waals surface area contributed by atoms with Crippen molar-refractivity contribution in [2.75, 3.05) is 62.2 Å². The molecule has 1 aliphatic carbocycles. The van der Waals surface area contributed by atoms with E-state index >= 15 is 0 Å². The van der Waals surface area contributed by atoms with Gasteiger partial charge in [0.1, 0.15) is 17.1 Å². The summed E-state index contributed by atoms with van der Waals surface area (Å²) in [5.41, 5.74) is 6.93. The van der Waals surface area contributed by atoms with Gasteiger partial charge < -0.3 is 14.8 Å². The summed E-state index contributed by atoms with van der Waals surface area (Å²) in [5.74, 6) is 1.58. The van der Waals surface area contributed by atoms with Crippen molar-refractivity contribution in [3.8, 4) is 11.1 Å². The molecule has 5 aromatic rings. The maximum Gasteiger partial charge on any atom is 0.329 e. The first-order chi connectivity index (χ1) is 25.4. The molecule has 4 aromatic heterocycles. The highest BCUT2D eigenvalue weighted by Gasteiger charge is 2.30. The molecule has 0 unspecified atom stereocenters. The number of fused-ring (bicyclic) bond motifs is 2. The molecule has 2 N–H and O–H groups in total. The third-order valence-corrected chi connectivity index (χ3v) is 11.7. The molecule has 4 aliphatic rings. The normalized spacial score (nSPS) is 19.7. The van der Waals surface area contributed by atoms with Gasteiger partial charge in [0.25, 0.3) is 0 Å². The summed E-state index contributed by atoms with van der Waals surface area (Å²) in [6, 6.07) is 12.0. The van der Waals surface area contributed by atoms with Gasteiger partial charge in [0, 0.05) is 61.3 Å². The average molecular weight is 720 g/mol. The van der Waals surface area contributed by atoms with Crippen LogP contribution in [0.4, 0.5) is 16.3 Å². The molecule has 0 bridgehead atoms. The Hall–Kier alpha value is -4.78. The van der Waals surface area contributed by atoms with Crippen molar-refractivity contribution in [2.24, 2.45) is 0 Å². The van der Waals surface area contributed by atoms with Crippen molar-refractivity contribution in [2.45, 2.75) is 50.4 Å². The fraction of sp³-hybridized carbons (Fsp3) is 0.410. The second-order valence-corrected chi connectivity index (χ2v) is 15.0. The van der Waals surface area contributed by atoms with E-state index < -0.39 is 6.03 Å². The molecular formula is C39H42ClN9O3. The molecule has 3 aliphatic heterocycles. The lowest BCUT2D eigenvalue weighted by molar-refractivity contribution is -0.121. The van der Waals surface area contributed by atoms with Crippen molar-refractivity contribution in [3.63, 3.8) is 0 Å². The van der Waals surface area contributed by atoms with Crippen LogP contribution in [0.15, 0.2) is 61.2 Å². The molecule has 0 radical (unpaired) electrons. The van der Waals surface area contributed by atoms with Gasteiger partial charge in [0.2, 0.25) is 11.8 Å². The van der Waals surface area contributed by atoms with Gasteiger partial charge in [-0.25, -0.2) is 14.8 Å². The summed E-state index contributed by atoms with van der Waals surface area (Å²) in [4.78, 5) is 58.2. The highest BCUT2D eigenvalue weighted by Crippen LogP contribution is 2.46. The number of aromatic nitrogens is 4. The SMILES string of the molecule is O=C1CCN(c2cnc3cc(C4CCN(CCCN5CCN(c6cccc(-c7cnc8[nH]cc(C9CC9)c8c7Cl)c6)C(=O)C5)CC4)ccn23)C(=O)N1. The van der Waals surface area contributed by atoms with Crippen LogP contribution in [0.3, 0.4) is 0 Å². The van der Waals surface area contributed by atoms with Gasteiger partial charge in [-0.05, 0) is 111 Å². The maximum atomic E-state index is 13.4. The van der Waals surface area contributed by atoms with Crippen LogP contribution in [0.1, 0.15) is 61.5 Å². The van der Waals surface area contributed by atoms with Crippen molar-refractivity contribution in [1.29, 1.82) is 0 Å². The lowest BCUT2D eigenvalue weighted by Crippen LogP contribution is -2.51. The zero-order chi connectivity index (χ0) is 35.3. The zero-order valence-electron chi connectivity index (χ0n) is 29.1. The van der Waals surface area contributed by atoms with Gasteiger partial charge in [-0.1, -0.05) is 23.7 Å². The Morgan fingerprint density at radius 1 is 0.846 bits per heavy atom. The molecule has 0 atom stereocenters. The fourth-order valence-corrected chi connectivity index (χ4v) is 8.61. The number of carbonyl (C=O) groups excluding carboxylic acids is 3. The molecule has 12 nitrogen and oxygen atoms in total. The number of likely N-dealkylation sites (tertiary alicyclic amines) is 1. The quantitative estimate of drug-likeness (QED) is 0.198. The molecule has 7 heterocycles. The number of piperazine rings is 1. The number of H-pyrrole nitrogens is 1. The molecule has 1 aromatic carbocycles. The predicted octanol–water partition coefficient (Wildman–Crippen LogP) is 5.77. The molecule has 13 heteroatoms. The minimum absolute atomic E-state index is 0.126. The number of nitrogens with zero attached hydrogens (tertiary/aromatic N) is 7. The second-order valence-electron chi connectivity index (χ2n) is 14.6. The molecule has 1 saturated carbocycles. The molecule has 52 heavy (non-hydrogen) atoms. The summed E-state index contributed by atoms with van der Waals surface area (Å²) in [7, 11) is 0. The minimum atomic E-state index is -0.405. The third kappa shape index (κ3) is 6.33. The number of pyridine rings is 2. The number of amides is 4. The number of hydrogen-bond acceptors (Lipinski definition) is 7. The van der Waals surface area contributed by atoms with E-state index in [4.69, 9.17) is 11.6 Å². The lowest BCUT2D eigenvalue weighted by atomic mass is 9.90. The van der Waals surface area contributed by atoms with Crippen LogP contribution >= 0.6 is 11.6 Å². The number of benzene rings is 1. The van der Waals surface area contributed by atoms with Crippen molar-refractivity contribution in [1.82, 2.24) is 34.5 Å². The zero-order valence-corrected chi connectivity index (χ0v) is 29.8. The van der Waals surface area contributed by atoms with E-state index in [2.05, 4.69) is 54.5 Å². The molecule has 4 fully saturated rings. The lowest BCUT2D eigenvalue weighted by Gasteiger charge is -2.36. The number of imidazole rings is 1. The van der Waals surface area contributed by atoms with Crippen LogP contribution in [0.2, 0.25) is 5.02 Å². The second kappa shape index (κ2) is 13.6. The molecule has 0 spiro atoms. The van der Waals surface area contributed by atoms with E-state index in [1.165, 1.54) is 24.0 Å². The van der Waals surface area contributed by atoms with E-state index in [1.54, 1.807) is 11.1 Å². The Morgan fingerprint density at radius 2 is 1.69 bits per heavy atom. The largest absolute Gasteiger partial charge is 0.346 e. The Bertz CT molecular complexity index is 2180. The van der Waals surface area contributed by atoms with Crippen LogP contribution in [0.5, 0.6) is 0 Å². The number of hydrogen-bond donors (Lipinski definition) is 2. The highest BCUT2D eigenvalue weighted by atomic mass is 35.5. The Morgan fingerprint density at radius 3 is 2.50 bits per heavy atom. The van der Waals surface area contributed by atoms with E-state index in [9.17, 15) is 14.4 Å². The molecular weight excluding hydrogens is 678 g/mol. The van der Waals surface area contributed by atoms with Crippen LogP contribution in [0, 0.1) is 0 Å². The molecule has 268 valence electrons. The monoisotopic (exact) mass is 719 g/mol. The smallest absolute Gasteiger partial charge is 0.329 e. The summed E-state index contributed by atoms with van der Waals surface area (Å²) in [6.07, 6.45) is 13.4. The number of carbonyl (C=O) groups is 3. The molecule has 4 amide bonds. The Kier molecular flexibility index (Phi) is 8.68. The van der Waals surface area contributed by atoms with Crippen LogP contribution in [0.25, 0.3) is 27.8 Å². The first kappa shape index (κ1) is 33.1. The third-order valence-electron chi connectivity index (χ3n) is 11.3. The first-order valence-corrected chi connectivity index (χ1v) is 18.9. The van der Waals surface area contributed by atoms with E-state index in [0.717, 1.165) is 90.5 Å². The van der Waals surface area contributed by atoms with Crippen LogP contribution in [-0.2, 0) is 9.59 Å².